The Balaban J connectivity index is 1.22. The number of hydrogen-bond donors (Lipinski definition) is 11. The molecule has 28 heteroatoms. The van der Waals surface area contributed by atoms with Crippen molar-refractivity contribution < 1.29 is 86.7 Å². The lowest BCUT2D eigenvalue weighted by molar-refractivity contribution is -0.155. The molecule has 0 aliphatic heterocycles. The molecule has 0 saturated heterocycles. The Morgan fingerprint density at radius 1 is 0.566 bits per heavy atom. The van der Waals surface area contributed by atoms with Gasteiger partial charge in [0.25, 0.3) is 0 Å². The van der Waals surface area contributed by atoms with Gasteiger partial charge < -0.3 is 77.4 Å². The standard InChI is InChI=1S/C71H92N10O18/c1-12-13-25-50(63(89)79-54(66(92)93)35-58(83)84)76-64(90)53(34-42-38-81(68(95)99-71(9,10)11)56-26-19-18-20-44(42)56)75-57(82)37-73-61(87)52(33-41-27-29-43(30-28-41)97-69(3,4)5)78-60(86)40(2)74-62(88)51(31-32-59(85)98-70(6,7)8)77-65(91)55(36-72)80-67(94)96-39-49-47-23-16-14-21-45(47)46-22-15-17-24-48(46)49/h14-24,26-30,38,40,49-55H,12-13,25,31-37,39,72H2,1-11H3,(H,73,87)(H,74,88)(H,75,82)(H,76,90)(H,77,91)(H,78,86)(H,79,89)(H,80,94)(H,83,84)(H,92,93)/t40-,50-,51+,52-,53-,54-,55+/m0/s1. The minimum atomic E-state index is -1.87. The molecule has 0 unspecified atom stereocenters. The highest BCUT2D eigenvalue weighted by Gasteiger charge is 2.36. The van der Waals surface area contributed by atoms with Gasteiger partial charge in [-0.2, -0.15) is 0 Å². The summed E-state index contributed by atoms with van der Waals surface area (Å²) in [4.78, 5) is 163. The summed E-state index contributed by atoms with van der Waals surface area (Å²) >= 11 is 0. The van der Waals surface area contributed by atoms with Gasteiger partial charge in [0.05, 0.1) is 18.5 Å². The predicted octanol–water partition coefficient (Wildman–Crippen LogP) is 5.17. The highest BCUT2D eigenvalue weighted by Crippen LogP contribution is 2.44. The number of hydrogen-bond acceptors (Lipinski definition) is 17. The highest BCUT2D eigenvalue weighted by atomic mass is 16.6. The number of nitrogens with two attached hydrogens (primary N) is 1. The number of amides is 8. The molecule has 534 valence electrons. The maximum atomic E-state index is 14.6. The van der Waals surface area contributed by atoms with Crippen LogP contribution in [0.4, 0.5) is 9.59 Å². The van der Waals surface area contributed by atoms with Crippen LogP contribution in [0.5, 0.6) is 5.75 Å². The molecule has 5 aromatic rings. The molecule has 0 fully saturated rings. The molecular weight excluding hydrogens is 1280 g/mol. The summed E-state index contributed by atoms with van der Waals surface area (Å²) in [7, 11) is 0. The number of alkyl carbamates (subject to hydrolysis) is 1. The lowest BCUT2D eigenvalue weighted by Crippen LogP contribution is -2.59. The van der Waals surface area contributed by atoms with Crippen LogP contribution in [0.25, 0.3) is 22.0 Å². The number of rotatable bonds is 32. The van der Waals surface area contributed by atoms with Crippen LogP contribution >= 0.6 is 0 Å². The maximum absolute atomic E-state index is 14.6. The van der Waals surface area contributed by atoms with Crippen LogP contribution in [0.2, 0.25) is 0 Å². The summed E-state index contributed by atoms with van der Waals surface area (Å²) < 4.78 is 24.0. The van der Waals surface area contributed by atoms with Crippen LogP contribution in [0.1, 0.15) is 143 Å². The fraction of sp³-hybridized carbons (Fsp3) is 0.465. The monoisotopic (exact) mass is 1370 g/mol. The van der Waals surface area contributed by atoms with Gasteiger partial charge >= 0.3 is 30.1 Å². The van der Waals surface area contributed by atoms with Crippen molar-refractivity contribution in [1.82, 2.24) is 47.1 Å². The number of nitrogens with zero attached hydrogens (tertiary/aromatic N) is 1. The molecule has 1 aliphatic rings. The number of benzene rings is 4. The summed E-state index contributed by atoms with van der Waals surface area (Å²) in [5.74, 6) is -10.4. The average Bonchev–Trinajstić information content (AvgIpc) is 1.62. The number of aromatic nitrogens is 1. The molecule has 1 aromatic heterocycles. The van der Waals surface area contributed by atoms with Crippen molar-refractivity contribution in [3.8, 4) is 16.9 Å². The van der Waals surface area contributed by atoms with E-state index < -0.39 is 156 Å². The minimum Gasteiger partial charge on any atom is -0.488 e. The molecule has 0 spiro atoms. The Kier molecular flexibility index (Phi) is 27.2. The number of esters is 1. The van der Waals surface area contributed by atoms with Crippen LogP contribution in [-0.2, 0) is 75.0 Å². The Hall–Kier alpha value is -10.4. The van der Waals surface area contributed by atoms with Gasteiger partial charge in [0.1, 0.15) is 71.5 Å². The van der Waals surface area contributed by atoms with Crippen molar-refractivity contribution in [3.05, 3.63) is 126 Å². The number of unbranched alkanes of at least 4 members (excludes halogenated alkanes) is 1. The van der Waals surface area contributed by atoms with Crippen LogP contribution in [0.3, 0.4) is 0 Å². The van der Waals surface area contributed by atoms with Crippen LogP contribution in [-0.4, -0.2) is 165 Å². The molecule has 8 amide bonds. The highest BCUT2D eigenvalue weighted by molar-refractivity contribution is 5.99. The maximum Gasteiger partial charge on any atom is 0.419 e. The van der Waals surface area contributed by atoms with Gasteiger partial charge in [-0.1, -0.05) is 98.6 Å². The first-order valence-corrected chi connectivity index (χ1v) is 32.7. The molecule has 0 saturated carbocycles. The van der Waals surface area contributed by atoms with Crippen LogP contribution in [0.15, 0.2) is 103 Å². The summed E-state index contributed by atoms with van der Waals surface area (Å²) in [6.07, 6.45) is -1.84. The molecule has 0 bridgehead atoms. The minimum absolute atomic E-state index is 0.0460. The normalized spacial score (nSPS) is 14.1. The number of carbonyl (C=O) groups is 12. The molecular formula is C71H92N10O18. The average molecular weight is 1370 g/mol. The number of aliphatic carboxylic acids is 2. The lowest BCUT2D eigenvalue weighted by Gasteiger charge is -2.26. The Bertz CT molecular complexity index is 3710. The summed E-state index contributed by atoms with van der Waals surface area (Å²) in [5, 5.41) is 39.6. The van der Waals surface area contributed by atoms with Gasteiger partial charge in [-0.25, -0.2) is 14.4 Å². The van der Waals surface area contributed by atoms with E-state index in [0.717, 1.165) is 22.3 Å². The third-order valence-electron chi connectivity index (χ3n) is 15.4. The lowest BCUT2D eigenvalue weighted by atomic mass is 9.98. The first-order valence-electron chi connectivity index (χ1n) is 32.7. The fourth-order valence-electron chi connectivity index (χ4n) is 10.8. The quantitative estimate of drug-likeness (QED) is 0.0195. The number of para-hydroxylation sites is 1. The third kappa shape index (κ3) is 23.7. The van der Waals surface area contributed by atoms with E-state index in [1.165, 1.54) is 17.7 Å². The largest absolute Gasteiger partial charge is 0.488 e. The van der Waals surface area contributed by atoms with E-state index in [-0.39, 0.29) is 38.2 Å². The number of nitrogens with one attached hydrogen (secondary N) is 8. The van der Waals surface area contributed by atoms with E-state index in [1.807, 2.05) is 69.3 Å². The van der Waals surface area contributed by atoms with Crippen molar-refractivity contribution in [3.63, 3.8) is 0 Å². The summed E-state index contributed by atoms with van der Waals surface area (Å²) in [5.41, 5.74) is 8.68. The number of ether oxygens (including phenoxy) is 4. The Labute approximate surface area is 574 Å². The van der Waals surface area contributed by atoms with E-state index in [2.05, 4.69) is 42.5 Å². The second kappa shape index (κ2) is 34.7. The molecule has 0 radical (unpaired) electrons. The van der Waals surface area contributed by atoms with Crippen molar-refractivity contribution in [2.45, 2.75) is 193 Å². The van der Waals surface area contributed by atoms with Gasteiger partial charge in [0.2, 0.25) is 41.4 Å². The first-order chi connectivity index (χ1) is 46.5. The number of carboxylic acids is 2. The second-order valence-corrected chi connectivity index (χ2v) is 27.1. The molecule has 12 N–H and O–H groups in total. The van der Waals surface area contributed by atoms with Crippen LogP contribution in [0, 0.1) is 0 Å². The van der Waals surface area contributed by atoms with Crippen molar-refractivity contribution >= 4 is 82.3 Å². The van der Waals surface area contributed by atoms with Gasteiger partial charge in [-0.3, -0.25) is 47.7 Å². The van der Waals surface area contributed by atoms with E-state index in [1.54, 1.807) is 97.0 Å². The molecule has 28 nitrogen and oxygen atoms in total. The van der Waals surface area contributed by atoms with Gasteiger partial charge in [0.15, 0.2) is 0 Å². The fourth-order valence-corrected chi connectivity index (χ4v) is 10.8. The molecule has 99 heavy (non-hydrogen) atoms. The molecule has 4 aromatic carbocycles. The van der Waals surface area contributed by atoms with Crippen molar-refractivity contribution in [2.24, 2.45) is 5.73 Å². The van der Waals surface area contributed by atoms with E-state index in [0.29, 0.717) is 40.6 Å². The number of carboxylic acid groups (broad SMARTS) is 2. The van der Waals surface area contributed by atoms with E-state index >= 15 is 0 Å². The predicted molar refractivity (Wildman–Crippen MR) is 364 cm³/mol. The van der Waals surface area contributed by atoms with E-state index in [9.17, 15) is 67.7 Å². The smallest absolute Gasteiger partial charge is 0.419 e. The van der Waals surface area contributed by atoms with E-state index in [4.69, 9.17) is 24.7 Å². The van der Waals surface area contributed by atoms with Crippen molar-refractivity contribution in [2.75, 3.05) is 19.7 Å². The van der Waals surface area contributed by atoms with Gasteiger partial charge in [-0.15, -0.1) is 0 Å². The third-order valence-corrected chi connectivity index (χ3v) is 15.4. The van der Waals surface area contributed by atoms with Crippen LogP contribution < -0.4 is 53.0 Å². The molecule has 6 rings (SSSR count). The number of fused-ring (bicyclic) bond motifs is 4. The van der Waals surface area contributed by atoms with Crippen molar-refractivity contribution in [1.29, 1.82) is 0 Å². The summed E-state index contributed by atoms with van der Waals surface area (Å²) in [6, 6.07) is 17.8. The zero-order valence-electron chi connectivity index (χ0n) is 57.7. The molecule has 7 atom stereocenters. The SMILES string of the molecule is CCCC[C@H](NC(=O)[C@H](Cc1cn(C(=O)OC(C)(C)C)c2ccccc12)NC(=O)CNC(=O)[C@H](Cc1ccc(OC(C)(C)C)cc1)NC(=O)[C@H](C)NC(=O)[C@@H](CCC(=O)OC(C)(C)C)NC(=O)[C@@H](CN)NC(=O)OCC1c2ccccc2-c2ccccc21)C(=O)N[C@@H](CC(=O)O)C(=O)O. The Morgan fingerprint density at radius 3 is 1.68 bits per heavy atom. The van der Waals surface area contributed by atoms with Gasteiger partial charge in [0, 0.05) is 43.3 Å². The zero-order valence-corrected chi connectivity index (χ0v) is 57.7. The van der Waals surface area contributed by atoms with Gasteiger partial charge in [-0.05, 0) is 134 Å². The number of carbonyl (C=O) groups excluding carboxylic acids is 10. The molecule has 1 heterocycles. The first kappa shape index (κ1) is 77.6. The Morgan fingerprint density at radius 2 is 1.10 bits per heavy atom. The summed E-state index contributed by atoms with van der Waals surface area (Å²) in [6.45, 7) is 17.2. The zero-order chi connectivity index (χ0) is 73.1. The molecule has 1 aliphatic carbocycles. The second-order valence-electron chi connectivity index (χ2n) is 27.1. The topological polar surface area (TPSA) is 409 Å².